The Labute approximate surface area is 114 Å². The average molecular weight is 252 g/mol. The number of nitrogens with zero attached hydrogens (tertiary/aromatic N) is 1. The van der Waals surface area contributed by atoms with Gasteiger partial charge in [0.1, 0.15) is 0 Å². The van der Waals surface area contributed by atoms with E-state index in [4.69, 9.17) is 0 Å². The maximum absolute atomic E-state index is 3.74. The molecular weight excluding hydrogens is 220 g/mol. The van der Waals surface area contributed by atoms with Crippen LogP contribution in [0.2, 0.25) is 0 Å². The SMILES string of the molecule is CCC1CCCCN1CC(C)(CC)CNC1CC1. The van der Waals surface area contributed by atoms with Gasteiger partial charge in [-0.1, -0.05) is 27.2 Å². The van der Waals surface area contributed by atoms with Crippen molar-refractivity contribution in [1.29, 1.82) is 0 Å². The first-order valence-corrected chi connectivity index (χ1v) is 8.14. The summed E-state index contributed by atoms with van der Waals surface area (Å²) >= 11 is 0. The Balaban J connectivity index is 1.85. The maximum Gasteiger partial charge on any atom is 0.00928 e. The predicted octanol–water partition coefficient (Wildman–Crippen LogP) is 3.42. The van der Waals surface area contributed by atoms with Crippen LogP contribution in [-0.4, -0.2) is 36.6 Å². The number of hydrogen-bond donors (Lipinski definition) is 1. The van der Waals surface area contributed by atoms with Gasteiger partial charge in [0, 0.05) is 25.2 Å². The molecule has 18 heavy (non-hydrogen) atoms. The van der Waals surface area contributed by atoms with E-state index in [9.17, 15) is 0 Å². The second-order valence-corrected chi connectivity index (χ2v) is 6.85. The van der Waals surface area contributed by atoms with Crippen molar-refractivity contribution < 1.29 is 0 Å². The number of piperidine rings is 1. The molecule has 1 aliphatic heterocycles. The summed E-state index contributed by atoms with van der Waals surface area (Å²) in [6, 6.07) is 1.70. The third-order valence-corrected chi connectivity index (χ3v) is 5.05. The van der Waals surface area contributed by atoms with Gasteiger partial charge < -0.3 is 5.32 Å². The fourth-order valence-corrected chi connectivity index (χ4v) is 3.19. The minimum Gasteiger partial charge on any atom is -0.313 e. The van der Waals surface area contributed by atoms with Crippen LogP contribution in [0.4, 0.5) is 0 Å². The maximum atomic E-state index is 3.74. The van der Waals surface area contributed by atoms with Crippen LogP contribution in [0.5, 0.6) is 0 Å². The highest BCUT2D eigenvalue weighted by molar-refractivity contribution is 4.88. The summed E-state index contributed by atoms with van der Waals surface area (Å²) < 4.78 is 0. The second kappa shape index (κ2) is 6.38. The molecule has 0 radical (unpaired) electrons. The molecule has 1 heterocycles. The molecule has 0 aromatic rings. The third-order valence-electron chi connectivity index (χ3n) is 5.05. The summed E-state index contributed by atoms with van der Waals surface area (Å²) in [5, 5.41) is 3.74. The van der Waals surface area contributed by atoms with E-state index >= 15 is 0 Å². The minimum absolute atomic E-state index is 0.466. The first kappa shape index (κ1) is 14.3. The van der Waals surface area contributed by atoms with E-state index in [-0.39, 0.29) is 0 Å². The monoisotopic (exact) mass is 252 g/mol. The van der Waals surface area contributed by atoms with Gasteiger partial charge in [-0.25, -0.2) is 0 Å². The van der Waals surface area contributed by atoms with Crippen molar-refractivity contribution in [3.63, 3.8) is 0 Å². The Hall–Kier alpha value is -0.0800. The summed E-state index contributed by atoms with van der Waals surface area (Å²) in [5.41, 5.74) is 0.466. The lowest BCUT2D eigenvalue weighted by molar-refractivity contribution is 0.0824. The fraction of sp³-hybridized carbons (Fsp3) is 1.00. The van der Waals surface area contributed by atoms with Gasteiger partial charge in [-0.3, -0.25) is 4.90 Å². The highest BCUT2D eigenvalue weighted by Crippen LogP contribution is 2.29. The van der Waals surface area contributed by atoms with E-state index in [0.717, 1.165) is 12.1 Å². The summed E-state index contributed by atoms with van der Waals surface area (Å²) in [7, 11) is 0. The quantitative estimate of drug-likeness (QED) is 0.747. The zero-order valence-corrected chi connectivity index (χ0v) is 12.7. The summed E-state index contributed by atoms with van der Waals surface area (Å²) in [5.74, 6) is 0. The van der Waals surface area contributed by atoms with Crippen LogP contribution in [0.3, 0.4) is 0 Å². The number of hydrogen-bond acceptors (Lipinski definition) is 2. The van der Waals surface area contributed by atoms with Crippen LogP contribution in [0, 0.1) is 5.41 Å². The molecule has 0 aromatic heterocycles. The van der Waals surface area contributed by atoms with E-state index in [0.29, 0.717) is 5.41 Å². The van der Waals surface area contributed by atoms with Crippen molar-refractivity contribution >= 4 is 0 Å². The van der Waals surface area contributed by atoms with Gasteiger partial charge >= 0.3 is 0 Å². The lowest BCUT2D eigenvalue weighted by Crippen LogP contribution is -2.48. The van der Waals surface area contributed by atoms with Gasteiger partial charge in [-0.15, -0.1) is 0 Å². The minimum atomic E-state index is 0.466. The van der Waals surface area contributed by atoms with Crippen LogP contribution in [-0.2, 0) is 0 Å². The van der Waals surface area contributed by atoms with Crippen LogP contribution in [0.1, 0.15) is 65.7 Å². The highest BCUT2D eigenvalue weighted by Gasteiger charge is 2.31. The lowest BCUT2D eigenvalue weighted by atomic mass is 9.85. The van der Waals surface area contributed by atoms with E-state index in [1.165, 1.54) is 64.6 Å². The van der Waals surface area contributed by atoms with Gasteiger partial charge in [-0.05, 0) is 50.5 Å². The van der Waals surface area contributed by atoms with Gasteiger partial charge in [0.25, 0.3) is 0 Å². The van der Waals surface area contributed by atoms with Crippen molar-refractivity contribution in [3.8, 4) is 0 Å². The summed E-state index contributed by atoms with van der Waals surface area (Å²) in [6.45, 7) is 11.0. The smallest absolute Gasteiger partial charge is 0.00928 e. The summed E-state index contributed by atoms with van der Waals surface area (Å²) in [6.07, 6.45) is 9.70. The average Bonchev–Trinajstić information content (AvgIpc) is 3.21. The van der Waals surface area contributed by atoms with E-state index in [2.05, 4.69) is 31.0 Å². The van der Waals surface area contributed by atoms with Crippen LogP contribution < -0.4 is 5.32 Å². The molecule has 0 bridgehead atoms. The molecule has 0 aromatic carbocycles. The second-order valence-electron chi connectivity index (χ2n) is 6.85. The van der Waals surface area contributed by atoms with Crippen molar-refractivity contribution in [2.45, 2.75) is 77.8 Å². The Morgan fingerprint density at radius 2 is 1.94 bits per heavy atom. The third kappa shape index (κ3) is 3.96. The number of likely N-dealkylation sites (tertiary alicyclic amines) is 1. The molecule has 0 spiro atoms. The molecule has 2 unspecified atom stereocenters. The van der Waals surface area contributed by atoms with E-state index < -0.39 is 0 Å². The molecule has 1 aliphatic carbocycles. The van der Waals surface area contributed by atoms with Gasteiger partial charge in [0.15, 0.2) is 0 Å². The molecule has 1 N–H and O–H groups in total. The van der Waals surface area contributed by atoms with Crippen LogP contribution >= 0.6 is 0 Å². The fourth-order valence-electron chi connectivity index (χ4n) is 3.19. The van der Waals surface area contributed by atoms with Gasteiger partial charge in [0.05, 0.1) is 0 Å². The standard InChI is InChI=1S/C16H32N2/c1-4-15-8-6-7-11-18(15)13-16(3,5-2)12-17-14-9-10-14/h14-15,17H,4-13H2,1-3H3. The molecule has 1 saturated heterocycles. The highest BCUT2D eigenvalue weighted by atomic mass is 15.2. The normalized spacial score (nSPS) is 29.2. The Kier molecular flexibility index (Phi) is 5.08. The Bertz CT molecular complexity index is 249. The topological polar surface area (TPSA) is 15.3 Å². The number of nitrogens with one attached hydrogen (secondary N) is 1. The molecule has 106 valence electrons. The molecule has 2 fully saturated rings. The molecule has 2 rings (SSSR count). The molecule has 0 amide bonds. The lowest BCUT2D eigenvalue weighted by Gasteiger charge is -2.41. The molecule has 2 heteroatoms. The van der Waals surface area contributed by atoms with Crippen molar-refractivity contribution in [1.82, 2.24) is 10.2 Å². The number of rotatable bonds is 7. The van der Waals surface area contributed by atoms with E-state index in [1.807, 2.05) is 0 Å². The summed E-state index contributed by atoms with van der Waals surface area (Å²) in [4.78, 5) is 2.78. The zero-order valence-electron chi connectivity index (χ0n) is 12.7. The first-order valence-electron chi connectivity index (χ1n) is 8.14. The Morgan fingerprint density at radius 3 is 2.56 bits per heavy atom. The molecule has 1 saturated carbocycles. The predicted molar refractivity (Wildman–Crippen MR) is 78.9 cm³/mol. The van der Waals surface area contributed by atoms with E-state index in [1.54, 1.807) is 0 Å². The zero-order chi connectivity index (χ0) is 13.0. The molecule has 2 aliphatic rings. The van der Waals surface area contributed by atoms with Crippen LogP contribution in [0.25, 0.3) is 0 Å². The molecule has 2 nitrogen and oxygen atoms in total. The van der Waals surface area contributed by atoms with Gasteiger partial charge in [-0.2, -0.15) is 0 Å². The first-order chi connectivity index (χ1) is 8.67. The molecule has 2 atom stereocenters. The van der Waals surface area contributed by atoms with Crippen LogP contribution in [0.15, 0.2) is 0 Å². The van der Waals surface area contributed by atoms with Gasteiger partial charge in [0.2, 0.25) is 0 Å². The van der Waals surface area contributed by atoms with Crippen molar-refractivity contribution in [2.24, 2.45) is 5.41 Å². The van der Waals surface area contributed by atoms with Crippen molar-refractivity contribution in [3.05, 3.63) is 0 Å². The Morgan fingerprint density at radius 1 is 1.17 bits per heavy atom. The van der Waals surface area contributed by atoms with Crippen molar-refractivity contribution in [2.75, 3.05) is 19.6 Å². The largest absolute Gasteiger partial charge is 0.313 e. The molecular formula is C16H32N2.